The third kappa shape index (κ3) is 3.46. The van der Waals surface area contributed by atoms with Crippen molar-refractivity contribution in [3.63, 3.8) is 0 Å². The molecule has 0 amide bonds. The molecule has 0 spiro atoms. The molecule has 0 bridgehead atoms. The summed E-state index contributed by atoms with van der Waals surface area (Å²) in [7, 11) is 0. The Morgan fingerprint density at radius 1 is 1.47 bits per heavy atom. The fourth-order valence-electron chi connectivity index (χ4n) is 2.58. The zero-order chi connectivity index (χ0) is 12.7. The normalized spacial score (nSPS) is 31.9. The number of hydrogen-bond acceptors (Lipinski definition) is 3. The summed E-state index contributed by atoms with van der Waals surface area (Å²) in [4.78, 5) is 0. The van der Waals surface area contributed by atoms with Crippen LogP contribution in [0.15, 0.2) is 12.8 Å². The van der Waals surface area contributed by atoms with Gasteiger partial charge in [0.25, 0.3) is 0 Å². The van der Waals surface area contributed by atoms with E-state index in [-0.39, 0.29) is 0 Å². The van der Waals surface area contributed by atoms with Gasteiger partial charge in [0, 0.05) is 18.1 Å². The van der Waals surface area contributed by atoms with E-state index in [0.29, 0.717) is 17.6 Å². The van der Waals surface area contributed by atoms with Crippen LogP contribution in [0.2, 0.25) is 0 Å². The van der Waals surface area contributed by atoms with Gasteiger partial charge in [0.1, 0.15) is 0 Å². The Morgan fingerprint density at radius 3 is 2.82 bits per heavy atom. The maximum Gasteiger partial charge on any atom is 0.0885 e. The Kier molecular flexibility index (Phi) is 6.00. The Balaban J connectivity index is 2.23. The van der Waals surface area contributed by atoms with Crippen molar-refractivity contribution >= 4 is 0 Å². The summed E-state index contributed by atoms with van der Waals surface area (Å²) in [6.07, 6.45) is 5.27. The first-order valence-corrected chi connectivity index (χ1v) is 6.76. The number of hydrogen-bond donors (Lipinski definition) is 1. The number of ether oxygens (including phenoxy) is 2. The van der Waals surface area contributed by atoms with E-state index in [2.05, 4.69) is 32.7 Å². The van der Waals surface area contributed by atoms with Crippen LogP contribution in [0.4, 0.5) is 0 Å². The van der Waals surface area contributed by atoms with Gasteiger partial charge in [0.05, 0.1) is 19.0 Å². The van der Waals surface area contributed by atoms with Crippen molar-refractivity contribution in [3.8, 4) is 0 Å². The molecule has 1 saturated carbocycles. The molecule has 0 aromatic carbocycles. The van der Waals surface area contributed by atoms with Crippen LogP contribution in [-0.2, 0) is 9.47 Å². The minimum Gasteiger partial charge on any atom is -0.502 e. The van der Waals surface area contributed by atoms with Crippen molar-refractivity contribution in [2.24, 2.45) is 5.41 Å². The fraction of sp³-hybridized carbons (Fsp3) is 0.857. The predicted molar refractivity (Wildman–Crippen MR) is 71.0 cm³/mol. The first-order chi connectivity index (χ1) is 8.19. The van der Waals surface area contributed by atoms with Gasteiger partial charge in [-0.1, -0.05) is 20.4 Å². The highest BCUT2D eigenvalue weighted by Crippen LogP contribution is 2.45. The summed E-state index contributed by atoms with van der Waals surface area (Å²) in [6.45, 7) is 12.8. The predicted octanol–water partition coefficient (Wildman–Crippen LogP) is 2.72. The molecule has 0 heterocycles. The lowest BCUT2D eigenvalue weighted by Crippen LogP contribution is -2.62. The molecule has 1 N–H and O–H groups in total. The maximum atomic E-state index is 5.78. The van der Waals surface area contributed by atoms with E-state index in [1.54, 1.807) is 0 Å². The van der Waals surface area contributed by atoms with Crippen LogP contribution < -0.4 is 5.32 Å². The van der Waals surface area contributed by atoms with E-state index in [1.165, 1.54) is 12.7 Å². The quantitative estimate of drug-likeness (QED) is 0.497. The largest absolute Gasteiger partial charge is 0.502 e. The van der Waals surface area contributed by atoms with E-state index in [9.17, 15) is 0 Å². The molecule has 1 aliphatic carbocycles. The minimum absolute atomic E-state index is 0.301. The average Bonchev–Trinajstić information content (AvgIpc) is 2.35. The monoisotopic (exact) mass is 241 g/mol. The summed E-state index contributed by atoms with van der Waals surface area (Å²) in [5, 5.41) is 3.61. The van der Waals surface area contributed by atoms with Gasteiger partial charge in [0.15, 0.2) is 0 Å². The summed E-state index contributed by atoms with van der Waals surface area (Å²) >= 11 is 0. The van der Waals surface area contributed by atoms with Crippen LogP contribution in [-0.4, -0.2) is 31.9 Å². The highest BCUT2D eigenvalue weighted by Gasteiger charge is 2.50. The first kappa shape index (κ1) is 14.5. The Labute approximate surface area is 106 Å². The molecule has 1 rings (SSSR count). The van der Waals surface area contributed by atoms with Gasteiger partial charge in [-0.2, -0.15) is 0 Å². The van der Waals surface area contributed by atoms with Gasteiger partial charge < -0.3 is 14.8 Å². The van der Waals surface area contributed by atoms with E-state index in [0.717, 1.165) is 32.6 Å². The molecule has 3 atom stereocenters. The lowest BCUT2D eigenvalue weighted by molar-refractivity contribution is -0.125. The molecule has 3 nitrogen and oxygen atoms in total. The van der Waals surface area contributed by atoms with E-state index in [1.807, 2.05) is 0 Å². The Morgan fingerprint density at radius 2 is 2.24 bits per heavy atom. The molecule has 0 radical (unpaired) electrons. The lowest BCUT2D eigenvalue weighted by atomic mass is 9.61. The average molecular weight is 241 g/mol. The third-order valence-electron chi connectivity index (χ3n) is 4.06. The summed E-state index contributed by atoms with van der Waals surface area (Å²) < 4.78 is 10.9. The van der Waals surface area contributed by atoms with Crippen molar-refractivity contribution in [3.05, 3.63) is 12.8 Å². The fourth-order valence-corrected chi connectivity index (χ4v) is 2.58. The van der Waals surface area contributed by atoms with Crippen molar-refractivity contribution in [2.45, 2.75) is 52.2 Å². The molecule has 17 heavy (non-hydrogen) atoms. The van der Waals surface area contributed by atoms with Crippen LogP contribution in [0.1, 0.15) is 40.0 Å². The first-order valence-electron chi connectivity index (χ1n) is 6.76. The van der Waals surface area contributed by atoms with Gasteiger partial charge in [-0.15, -0.1) is 0 Å². The van der Waals surface area contributed by atoms with Gasteiger partial charge in [0.2, 0.25) is 0 Å². The van der Waals surface area contributed by atoms with E-state index in [4.69, 9.17) is 9.47 Å². The van der Waals surface area contributed by atoms with Gasteiger partial charge >= 0.3 is 0 Å². The summed E-state index contributed by atoms with van der Waals surface area (Å²) in [5.41, 5.74) is 0.301. The second kappa shape index (κ2) is 7.02. The molecule has 1 fully saturated rings. The van der Waals surface area contributed by atoms with E-state index >= 15 is 0 Å². The van der Waals surface area contributed by atoms with E-state index < -0.39 is 0 Å². The topological polar surface area (TPSA) is 30.5 Å². The Hall–Kier alpha value is -0.540. The third-order valence-corrected chi connectivity index (χ3v) is 4.06. The SMILES string of the molecule is C=COCCCNC1CC(OCC)C1(C)CC. The van der Waals surface area contributed by atoms with Gasteiger partial charge in [-0.25, -0.2) is 0 Å². The second-order valence-corrected chi connectivity index (χ2v) is 4.94. The highest BCUT2D eigenvalue weighted by molar-refractivity contribution is 5.04. The zero-order valence-electron chi connectivity index (χ0n) is 11.5. The maximum absolute atomic E-state index is 5.78. The summed E-state index contributed by atoms with van der Waals surface area (Å²) in [6, 6.07) is 0.591. The lowest BCUT2D eigenvalue weighted by Gasteiger charge is -2.53. The van der Waals surface area contributed by atoms with Crippen LogP contribution >= 0.6 is 0 Å². The molecule has 0 saturated heterocycles. The van der Waals surface area contributed by atoms with Crippen molar-refractivity contribution < 1.29 is 9.47 Å². The van der Waals surface area contributed by atoms with Crippen LogP contribution in [0.5, 0.6) is 0 Å². The molecule has 3 unspecified atom stereocenters. The number of nitrogens with one attached hydrogen (secondary N) is 1. The molecule has 0 aromatic rings. The minimum atomic E-state index is 0.301. The molecule has 0 aliphatic heterocycles. The summed E-state index contributed by atoms with van der Waals surface area (Å²) in [5.74, 6) is 0. The van der Waals surface area contributed by atoms with Crippen LogP contribution in [0.3, 0.4) is 0 Å². The molecule has 0 aromatic heterocycles. The van der Waals surface area contributed by atoms with Gasteiger partial charge in [-0.3, -0.25) is 0 Å². The smallest absolute Gasteiger partial charge is 0.0885 e. The van der Waals surface area contributed by atoms with Gasteiger partial charge in [-0.05, 0) is 32.7 Å². The molecular formula is C14H27NO2. The molecule has 3 heteroatoms. The highest BCUT2D eigenvalue weighted by atomic mass is 16.5. The Bertz CT molecular complexity index is 232. The molecule has 100 valence electrons. The number of rotatable bonds is 9. The van der Waals surface area contributed by atoms with Crippen LogP contribution in [0.25, 0.3) is 0 Å². The zero-order valence-corrected chi connectivity index (χ0v) is 11.5. The second-order valence-electron chi connectivity index (χ2n) is 4.94. The molecular weight excluding hydrogens is 214 g/mol. The van der Waals surface area contributed by atoms with Crippen molar-refractivity contribution in [2.75, 3.05) is 19.8 Å². The molecule has 1 aliphatic rings. The van der Waals surface area contributed by atoms with Crippen molar-refractivity contribution in [1.29, 1.82) is 0 Å². The van der Waals surface area contributed by atoms with Crippen LogP contribution in [0, 0.1) is 5.41 Å². The van der Waals surface area contributed by atoms with Crippen molar-refractivity contribution in [1.82, 2.24) is 5.32 Å². The standard InChI is InChI=1S/C14H27NO2/c1-5-14(4)12(11-13(14)17-7-3)15-9-8-10-16-6-2/h6,12-13,15H,2,5,7-11H2,1,3-4H3.